The minimum atomic E-state index is 0.379. The fourth-order valence-corrected chi connectivity index (χ4v) is 2.95. The molecule has 1 saturated heterocycles. The molecule has 3 heteroatoms. The van der Waals surface area contributed by atoms with Gasteiger partial charge in [-0.1, -0.05) is 15.9 Å². The molecule has 2 atom stereocenters. The first-order valence-electron chi connectivity index (χ1n) is 6.12. The van der Waals surface area contributed by atoms with Gasteiger partial charge in [0.05, 0.1) is 12.2 Å². The third-order valence-corrected chi connectivity index (χ3v) is 3.95. The van der Waals surface area contributed by atoms with Crippen LogP contribution in [-0.2, 0) is 11.3 Å². The van der Waals surface area contributed by atoms with Crippen LogP contribution < -0.4 is 0 Å². The molecule has 0 amide bonds. The molecule has 17 heavy (non-hydrogen) atoms. The fraction of sp³-hybridized carbons (Fsp3) is 0.429. The van der Waals surface area contributed by atoms with Gasteiger partial charge >= 0.3 is 0 Å². The molecule has 1 aliphatic heterocycles. The average Bonchev–Trinajstić information content (AvgIpc) is 2.86. The van der Waals surface area contributed by atoms with E-state index in [4.69, 9.17) is 4.74 Å². The molecule has 0 aliphatic carbocycles. The summed E-state index contributed by atoms with van der Waals surface area (Å²) in [5.74, 6) is 0. The predicted octanol–water partition coefficient (Wildman–Crippen LogP) is 3.97. The van der Waals surface area contributed by atoms with E-state index in [1.165, 1.54) is 23.7 Å². The fourth-order valence-electron chi connectivity index (χ4n) is 2.57. The summed E-state index contributed by atoms with van der Waals surface area (Å²) >= 11 is 3.50. The van der Waals surface area contributed by atoms with E-state index in [1.54, 1.807) is 0 Å². The van der Waals surface area contributed by atoms with Crippen molar-refractivity contribution in [1.82, 2.24) is 4.57 Å². The van der Waals surface area contributed by atoms with Crippen LogP contribution in [0.1, 0.15) is 19.8 Å². The van der Waals surface area contributed by atoms with Crippen molar-refractivity contribution in [2.24, 2.45) is 0 Å². The molecule has 1 aromatic carbocycles. The summed E-state index contributed by atoms with van der Waals surface area (Å²) in [6.45, 7) is 3.13. The van der Waals surface area contributed by atoms with E-state index in [2.05, 4.69) is 57.9 Å². The van der Waals surface area contributed by atoms with Gasteiger partial charge in [-0.3, -0.25) is 0 Å². The zero-order valence-electron chi connectivity index (χ0n) is 9.90. The Bertz CT molecular complexity index is 534. The third kappa shape index (κ3) is 2.26. The van der Waals surface area contributed by atoms with Crippen molar-refractivity contribution >= 4 is 26.8 Å². The van der Waals surface area contributed by atoms with E-state index in [0.717, 1.165) is 11.0 Å². The molecule has 90 valence electrons. The Morgan fingerprint density at radius 3 is 3.00 bits per heavy atom. The molecular weight excluding hydrogens is 278 g/mol. The van der Waals surface area contributed by atoms with Gasteiger partial charge in [-0.15, -0.1) is 0 Å². The summed E-state index contributed by atoms with van der Waals surface area (Å²) < 4.78 is 9.31. The SMILES string of the molecule is CC1CCC(Cn2ccc3cc(Br)ccc32)O1. The maximum absolute atomic E-state index is 5.88. The van der Waals surface area contributed by atoms with Crippen LogP contribution in [-0.4, -0.2) is 16.8 Å². The summed E-state index contributed by atoms with van der Waals surface area (Å²) in [6.07, 6.45) is 5.33. The Labute approximate surface area is 110 Å². The molecule has 0 N–H and O–H groups in total. The van der Waals surface area contributed by atoms with Crippen LogP contribution in [0.4, 0.5) is 0 Å². The van der Waals surface area contributed by atoms with E-state index < -0.39 is 0 Å². The Morgan fingerprint density at radius 1 is 1.35 bits per heavy atom. The van der Waals surface area contributed by atoms with Crippen molar-refractivity contribution in [3.05, 3.63) is 34.9 Å². The van der Waals surface area contributed by atoms with Crippen LogP contribution >= 0.6 is 15.9 Å². The van der Waals surface area contributed by atoms with Crippen LogP contribution in [0.25, 0.3) is 10.9 Å². The van der Waals surface area contributed by atoms with Gasteiger partial charge in [-0.2, -0.15) is 0 Å². The van der Waals surface area contributed by atoms with E-state index in [0.29, 0.717) is 12.2 Å². The third-order valence-electron chi connectivity index (χ3n) is 3.45. The molecule has 2 unspecified atom stereocenters. The number of hydrogen-bond acceptors (Lipinski definition) is 1. The van der Waals surface area contributed by atoms with Crippen LogP contribution in [0.2, 0.25) is 0 Å². The summed E-state index contributed by atoms with van der Waals surface area (Å²) in [4.78, 5) is 0. The van der Waals surface area contributed by atoms with Gasteiger partial charge in [0, 0.05) is 28.1 Å². The Hall–Kier alpha value is -0.800. The van der Waals surface area contributed by atoms with Gasteiger partial charge in [0.15, 0.2) is 0 Å². The first kappa shape index (κ1) is 11.3. The van der Waals surface area contributed by atoms with Crippen LogP contribution in [0.15, 0.2) is 34.9 Å². The predicted molar refractivity (Wildman–Crippen MR) is 73.2 cm³/mol. The lowest BCUT2D eigenvalue weighted by atomic mass is 10.2. The molecule has 2 aromatic rings. The Morgan fingerprint density at radius 2 is 2.24 bits per heavy atom. The molecule has 1 aromatic heterocycles. The lowest BCUT2D eigenvalue weighted by Gasteiger charge is -2.13. The van der Waals surface area contributed by atoms with Crippen LogP contribution in [0.5, 0.6) is 0 Å². The van der Waals surface area contributed by atoms with Gasteiger partial charge in [-0.25, -0.2) is 0 Å². The lowest BCUT2D eigenvalue weighted by Crippen LogP contribution is -2.15. The highest BCUT2D eigenvalue weighted by Crippen LogP contribution is 2.24. The highest BCUT2D eigenvalue weighted by atomic mass is 79.9. The second-order valence-corrected chi connectivity index (χ2v) is 5.73. The number of rotatable bonds is 2. The number of nitrogens with zero attached hydrogens (tertiary/aromatic N) is 1. The topological polar surface area (TPSA) is 14.2 Å². The molecule has 2 heterocycles. The van der Waals surface area contributed by atoms with Gasteiger partial charge in [0.1, 0.15) is 0 Å². The summed E-state index contributed by atoms with van der Waals surface area (Å²) in [5.41, 5.74) is 1.29. The molecular formula is C14H16BrNO. The molecule has 0 spiro atoms. The first-order valence-corrected chi connectivity index (χ1v) is 6.91. The molecule has 1 fully saturated rings. The highest BCUT2D eigenvalue weighted by molar-refractivity contribution is 9.10. The maximum Gasteiger partial charge on any atom is 0.0758 e. The smallest absolute Gasteiger partial charge is 0.0758 e. The molecule has 3 rings (SSSR count). The summed E-state index contributed by atoms with van der Waals surface area (Å²) in [7, 11) is 0. The first-order chi connectivity index (χ1) is 8.22. The molecule has 0 radical (unpaired) electrons. The number of hydrogen-bond donors (Lipinski definition) is 0. The van der Waals surface area contributed by atoms with Gasteiger partial charge in [0.25, 0.3) is 0 Å². The lowest BCUT2D eigenvalue weighted by molar-refractivity contribution is 0.0465. The van der Waals surface area contributed by atoms with E-state index in [1.807, 2.05) is 0 Å². The number of fused-ring (bicyclic) bond motifs is 1. The molecule has 2 nitrogen and oxygen atoms in total. The van der Waals surface area contributed by atoms with Crippen LogP contribution in [0.3, 0.4) is 0 Å². The Balaban J connectivity index is 1.85. The molecule has 0 bridgehead atoms. The number of aromatic nitrogens is 1. The highest BCUT2D eigenvalue weighted by Gasteiger charge is 2.22. The zero-order valence-corrected chi connectivity index (χ0v) is 11.5. The van der Waals surface area contributed by atoms with Crippen molar-refractivity contribution in [3.8, 4) is 0 Å². The van der Waals surface area contributed by atoms with E-state index in [-0.39, 0.29) is 0 Å². The number of ether oxygens (including phenoxy) is 1. The van der Waals surface area contributed by atoms with Crippen molar-refractivity contribution < 1.29 is 4.74 Å². The summed E-state index contributed by atoms with van der Waals surface area (Å²) in [5, 5.41) is 1.28. The second-order valence-electron chi connectivity index (χ2n) is 4.82. The quantitative estimate of drug-likeness (QED) is 0.817. The zero-order chi connectivity index (χ0) is 11.8. The monoisotopic (exact) mass is 293 g/mol. The van der Waals surface area contributed by atoms with E-state index in [9.17, 15) is 0 Å². The second kappa shape index (κ2) is 4.46. The minimum Gasteiger partial charge on any atom is -0.373 e. The van der Waals surface area contributed by atoms with Gasteiger partial charge in [0.2, 0.25) is 0 Å². The number of halogens is 1. The molecule has 1 aliphatic rings. The van der Waals surface area contributed by atoms with Crippen molar-refractivity contribution in [2.75, 3.05) is 0 Å². The van der Waals surface area contributed by atoms with Crippen LogP contribution in [0, 0.1) is 0 Å². The number of benzene rings is 1. The van der Waals surface area contributed by atoms with Crippen molar-refractivity contribution in [1.29, 1.82) is 0 Å². The Kier molecular flexibility index (Phi) is 2.97. The van der Waals surface area contributed by atoms with Crippen molar-refractivity contribution in [3.63, 3.8) is 0 Å². The molecule has 0 saturated carbocycles. The van der Waals surface area contributed by atoms with E-state index >= 15 is 0 Å². The standard InChI is InChI=1S/C14H16BrNO/c1-10-2-4-13(17-10)9-16-7-6-11-8-12(15)3-5-14(11)16/h3,5-8,10,13H,2,4,9H2,1H3. The normalized spacial score (nSPS) is 24.6. The minimum absolute atomic E-state index is 0.379. The van der Waals surface area contributed by atoms with Gasteiger partial charge in [-0.05, 0) is 44.0 Å². The largest absolute Gasteiger partial charge is 0.373 e. The van der Waals surface area contributed by atoms with Crippen molar-refractivity contribution in [2.45, 2.75) is 38.5 Å². The summed E-state index contributed by atoms with van der Waals surface area (Å²) in [6, 6.07) is 8.58. The average molecular weight is 294 g/mol. The van der Waals surface area contributed by atoms with Gasteiger partial charge < -0.3 is 9.30 Å². The maximum atomic E-state index is 5.88.